The lowest BCUT2D eigenvalue weighted by molar-refractivity contribution is 0.396. The molecule has 0 fully saturated rings. The minimum atomic E-state index is 0.226. The molecular weight excluding hydrogens is 166 g/mol. The Morgan fingerprint density at radius 1 is 1.62 bits per heavy atom. The van der Waals surface area contributed by atoms with Gasteiger partial charge in [-0.3, -0.25) is 0 Å². The zero-order valence-electron chi connectivity index (χ0n) is 8.03. The van der Waals surface area contributed by atoms with E-state index in [1.165, 1.54) is 0 Å². The molecule has 0 aliphatic carbocycles. The lowest BCUT2D eigenvalue weighted by Crippen LogP contribution is -2.00. The minimum absolute atomic E-state index is 0.226. The average molecular weight is 179 g/mol. The third-order valence-electron chi connectivity index (χ3n) is 1.82. The SMILES string of the molecule is CC=C(C)c1cnc(N)nc1OC. The standard InChI is InChI=1S/C9H13N3O/c1-4-6(2)7-5-11-9(10)12-8(7)13-3/h4-5H,1-3H3,(H2,10,11,12). The van der Waals surface area contributed by atoms with E-state index < -0.39 is 0 Å². The molecular formula is C9H13N3O. The highest BCUT2D eigenvalue weighted by molar-refractivity contribution is 5.66. The number of rotatable bonds is 2. The van der Waals surface area contributed by atoms with Gasteiger partial charge in [-0.15, -0.1) is 0 Å². The van der Waals surface area contributed by atoms with Crippen LogP contribution >= 0.6 is 0 Å². The van der Waals surface area contributed by atoms with Gasteiger partial charge >= 0.3 is 0 Å². The molecule has 1 rings (SSSR count). The molecule has 0 bridgehead atoms. The quantitative estimate of drug-likeness (QED) is 0.747. The summed E-state index contributed by atoms with van der Waals surface area (Å²) in [5.41, 5.74) is 7.36. The summed E-state index contributed by atoms with van der Waals surface area (Å²) in [5, 5.41) is 0. The van der Waals surface area contributed by atoms with Gasteiger partial charge in [0.2, 0.25) is 11.8 Å². The normalized spacial score (nSPS) is 11.5. The number of nitrogens with two attached hydrogens (primary N) is 1. The van der Waals surface area contributed by atoms with Crippen LogP contribution in [0.1, 0.15) is 19.4 Å². The van der Waals surface area contributed by atoms with E-state index in [-0.39, 0.29) is 5.95 Å². The Labute approximate surface area is 77.5 Å². The molecule has 2 N–H and O–H groups in total. The summed E-state index contributed by atoms with van der Waals surface area (Å²) in [6.07, 6.45) is 3.63. The maximum Gasteiger partial charge on any atom is 0.225 e. The van der Waals surface area contributed by atoms with E-state index in [1.807, 2.05) is 19.9 Å². The number of anilines is 1. The van der Waals surface area contributed by atoms with Gasteiger partial charge in [-0.25, -0.2) is 4.98 Å². The van der Waals surface area contributed by atoms with Crippen molar-refractivity contribution >= 4 is 11.5 Å². The zero-order valence-corrected chi connectivity index (χ0v) is 8.03. The molecule has 1 aromatic rings. The second-order valence-corrected chi connectivity index (χ2v) is 2.62. The number of nitrogen functional groups attached to an aromatic ring is 1. The summed E-state index contributed by atoms with van der Waals surface area (Å²) < 4.78 is 5.08. The van der Waals surface area contributed by atoms with E-state index in [4.69, 9.17) is 10.5 Å². The first-order valence-electron chi connectivity index (χ1n) is 3.98. The highest BCUT2D eigenvalue weighted by Gasteiger charge is 2.06. The molecule has 0 saturated carbocycles. The van der Waals surface area contributed by atoms with Gasteiger partial charge in [0.05, 0.1) is 12.7 Å². The predicted molar refractivity (Wildman–Crippen MR) is 52.3 cm³/mol. The second kappa shape index (κ2) is 3.89. The van der Waals surface area contributed by atoms with E-state index in [2.05, 4.69) is 9.97 Å². The fourth-order valence-electron chi connectivity index (χ4n) is 0.961. The Hall–Kier alpha value is -1.58. The Morgan fingerprint density at radius 3 is 2.85 bits per heavy atom. The first kappa shape index (κ1) is 9.51. The van der Waals surface area contributed by atoms with Gasteiger partial charge in [0.1, 0.15) is 0 Å². The molecule has 1 aromatic heterocycles. The number of hydrogen-bond donors (Lipinski definition) is 1. The van der Waals surface area contributed by atoms with Gasteiger partial charge in [0, 0.05) is 6.20 Å². The van der Waals surface area contributed by atoms with Crippen molar-refractivity contribution in [3.63, 3.8) is 0 Å². The van der Waals surface area contributed by atoms with Gasteiger partial charge in [-0.05, 0) is 19.4 Å². The number of ether oxygens (including phenoxy) is 1. The number of aromatic nitrogens is 2. The summed E-state index contributed by atoms with van der Waals surface area (Å²) in [6, 6.07) is 0. The van der Waals surface area contributed by atoms with Crippen molar-refractivity contribution in [3.8, 4) is 5.88 Å². The molecule has 70 valence electrons. The van der Waals surface area contributed by atoms with E-state index in [9.17, 15) is 0 Å². The summed E-state index contributed by atoms with van der Waals surface area (Å²) >= 11 is 0. The predicted octanol–water partition coefficient (Wildman–Crippen LogP) is 1.49. The fraction of sp³-hybridized carbons (Fsp3) is 0.333. The van der Waals surface area contributed by atoms with Crippen LogP contribution < -0.4 is 10.5 Å². The Morgan fingerprint density at radius 2 is 2.31 bits per heavy atom. The van der Waals surface area contributed by atoms with Crippen LogP contribution in [-0.2, 0) is 0 Å². The van der Waals surface area contributed by atoms with Crippen LogP contribution in [0.3, 0.4) is 0 Å². The molecule has 0 unspecified atom stereocenters. The number of hydrogen-bond acceptors (Lipinski definition) is 4. The van der Waals surface area contributed by atoms with Crippen molar-refractivity contribution < 1.29 is 4.74 Å². The smallest absolute Gasteiger partial charge is 0.225 e. The van der Waals surface area contributed by atoms with Gasteiger partial charge in [0.15, 0.2) is 0 Å². The molecule has 0 aliphatic heterocycles. The van der Waals surface area contributed by atoms with Gasteiger partial charge < -0.3 is 10.5 Å². The van der Waals surface area contributed by atoms with Gasteiger partial charge in [-0.2, -0.15) is 4.98 Å². The molecule has 1 heterocycles. The van der Waals surface area contributed by atoms with Crippen molar-refractivity contribution in [2.24, 2.45) is 0 Å². The number of nitrogens with zero attached hydrogens (tertiary/aromatic N) is 2. The molecule has 0 aromatic carbocycles. The lowest BCUT2D eigenvalue weighted by Gasteiger charge is -2.06. The van der Waals surface area contributed by atoms with Crippen molar-refractivity contribution in [1.82, 2.24) is 9.97 Å². The summed E-state index contributed by atoms with van der Waals surface area (Å²) in [4.78, 5) is 7.87. The minimum Gasteiger partial charge on any atom is -0.480 e. The molecule has 0 saturated heterocycles. The molecule has 0 amide bonds. The first-order chi connectivity index (χ1) is 6.19. The van der Waals surface area contributed by atoms with Crippen LogP contribution in [-0.4, -0.2) is 17.1 Å². The molecule has 4 nitrogen and oxygen atoms in total. The first-order valence-corrected chi connectivity index (χ1v) is 3.98. The molecule has 0 spiro atoms. The third-order valence-corrected chi connectivity index (χ3v) is 1.82. The lowest BCUT2D eigenvalue weighted by atomic mass is 10.1. The van der Waals surface area contributed by atoms with E-state index >= 15 is 0 Å². The van der Waals surface area contributed by atoms with E-state index in [0.717, 1.165) is 11.1 Å². The van der Waals surface area contributed by atoms with Gasteiger partial charge in [-0.1, -0.05) is 6.08 Å². The Bertz CT molecular complexity index is 334. The molecule has 13 heavy (non-hydrogen) atoms. The summed E-state index contributed by atoms with van der Waals surface area (Å²) in [7, 11) is 1.56. The van der Waals surface area contributed by atoms with Crippen molar-refractivity contribution in [2.75, 3.05) is 12.8 Å². The Balaban J connectivity index is 3.21. The van der Waals surface area contributed by atoms with Crippen LogP contribution in [0.4, 0.5) is 5.95 Å². The zero-order chi connectivity index (χ0) is 9.84. The topological polar surface area (TPSA) is 61.0 Å². The van der Waals surface area contributed by atoms with E-state index in [0.29, 0.717) is 5.88 Å². The highest BCUT2D eigenvalue weighted by Crippen LogP contribution is 2.22. The maximum atomic E-state index is 5.42. The molecule has 0 aliphatic rings. The monoisotopic (exact) mass is 179 g/mol. The van der Waals surface area contributed by atoms with Crippen LogP contribution in [0.15, 0.2) is 12.3 Å². The van der Waals surface area contributed by atoms with Crippen LogP contribution in [0.2, 0.25) is 0 Å². The largest absolute Gasteiger partial charge is 0.480 e. The summed E-state index contributed by atoms with van der Waals surface area (Å²) in [5.74, 6) is 0.743. The molecule has 4 heteroatoms. The van der Waals surface area contributed by atoms with Crippen LogP contribution in [0.5, 0.6) is 5.88 Å². The van der Waals surface area contributed by atoms with Gasteiger partial charge in [0.25, 0.3) is 0 Å². The number of methoxy groups -OCH3 is 1. The Kier molecular flexibility index (Phi) is 2.84. The average Bonchev–Trinajstić information content (AvgIpc) is 2.16. The molecule has 0 atom stereocenters. The maximum absolute atomic E-state index is 5.42. The third kappa shape index (κ3) is 1.96. The van der Waals surface area contributed by atoms with Crippen molar-refractivity contribution in [1.29, 1.82) is 0 Å². The number of allylic oxidation sites excluding steroid dienone is 2. The molecule has 0 radical (unpaired) electrons. The van der Waals surface area contributed by atoms with Crippen molar-refractivity contribution in [2.45, 2.75) is 13.8 Å². The highest BCUT2D eigenvalue weighted by atomic mass is 16.5. The fourth-order valence-corrected chi connectivity index (χ4v) is 0.961. The second-order valence-electron chi connectivity index (χ2n) is 2.62. The van der Waals surface area contributed by atoms with Crippen molar-refractivity contribution in [3.05, 3.63) is 17.8 Å². The van der Waals surface area contributed by atoms with Crippen LogP contribution in [0, 0.1) is 0 Å². The summed E-state index contributed by atoms with van der Waals surface area (Å²) in [6.45, 7) is 3.92. The van der Waals surface area contributed by atoms with E-state index in [1.54, 1.807) is 13.3 Å². The van der Waals surface area contributed by atoms with Crippen LogP contribution in [0.25, 0.3) is 5.57 Å².